The van der Waals surface area contributed by atoms with E-state index in [1.165, 1.54) is 38.1 Å². The van der Waals surface area contributed by atoms with Crippen molar-refractivity contribution in [2.24, 2.45) is 0 Å². The van der Waals surface area contributed by atoms with Crippen molar-refractivity contribution in [3.63, 3.8) is 0 Å². The van der Waals surface area contributed by atoms with Crippen LogP contribution in [0.15, 0.2) is 42.5 Å². The normalized spacial score (nSPS) is 20.5. The number of hydrogen-bond donors (Lipinski definition) is 1. The molecule has 0 saturated carbocycles. The van der Waals surface area contributed by atoms with Gasteiger partial charge in [-0.3, -0.25) is 4.90 Å². The molecule has 1 aliphatic heterocycles. The second-order valence-electron chi connectivity index (χ2n) is 8.53. The van der Waals surface area contributed by atoms with E-state index in [-0.39, 0.29) is 23.9 Å². The van der Waals surface area contributed by atoms with Crippen LogP contribution < -0.4 is 10.2 Å². The first-order valence-electron chi connectivity index (χ1n) is 11.2. The number of fused-ring (bicyclic) bond motifs is 1. The van der Waals surface area contributed by atoms with E-state index in [1.807, 2.05) is 0 Å². The van der Waals surface area contributed by atoms with Crippen LogP contribution in [0.2, 0.25) is 0 Å². The van der Waals surface area contributed by atoms with E-state index >= 15 is 0 Å². The highest BCUT2D eigenvalue weighted by molar-refractivity contribution is 5.91. The number of alkyl halides is 9. The highest BCUT2D eigenvalue weighted by Crippen LogP contribution is 2.52. The van der Waals surface area contributed by atoms with Gasteiger partial charge in [-0.2, -0.15) is 39.5 Å². The van der Waals surface area contributed by atoms with E-state index in [9.17, 15) is 44.3 Å². The molecule has 1 N–H and O–H groups in total. The number of carbonyl (C=O) groups is 1. The number of anilines is 1. The summed E-state index contributed by atoms with van der Waals surface area (Å²) in [4.78, 5) is 13.2. The summed E-state index contributed by atoms with van der Waals surface area (Å²) in [6, 6.07) is 5.46. The summed E-state index contributed by atoms with van der Waals surface area (Å²) < 4.78 is 128. The zero-order chi connectivity index (χ0) is 27.8. The first kappa shape index (κ1) is 28.6. The van der Waals surface area contributed by atoms with Crippen molar-refractivity contribution in [1.82, 2.24) is 5.32 Å². The fourth-order valence-electron chi connectivity index (χ4n) is 4.51. The van der Waals surface area contributed by atoms with E-state index < -0.39 is 72.3 Å². The molecule has 0 radical (unpaired) electrons. The summed E-state index contributed by atoms with van der Waals surface area (Å²) in [5, 5.41) is 2.69. The Morgan fingerprint density at radius 1 is 0.973 bits per heavy atom. The van der Waals surface area contributed by atoms with Gasteiger partial charge in [0.25, 0.3) is 0 Å². The summed E-state index contributed by atoms with van der Waals surface area (Å²) in [5.74, 6) is 0. The van der Waals surface area contributed by atoms with Crippen molar-refractivity contribution in [2.45, 2.75) is 63.3 Å². The Bertz CT molecular complexity index is 1100. The molecule has 0 aliphatic carbocycles. The van der Waals surface area contributed by atoms with Crippen LogP contribution in [0.1, 0.15) is 55.0 Å². The highest BCUT2D eigenvalue weighted by Gasteiger charge is 2.62. The van der Waals surface area contributed by atoms with E-state index in [1.54, 1.807) is 0 Å². The molecule has 2 atom stereocenters. The van der Waals surface area contributed by atoms with Gasteiger partial charge in [0.2, 0.25) is 0 Å². The lowest BCUT2D eigenvalue weighted by atomic mass is 9.78. The Morgan fingerprint density at radius 3 is 2.03 bits per heavy atom. The maximum atomic E-state index is 14.5. The molecule has 13 heteroatoms. The number of nitrogens with zero attached hydrogens (tertiary/aromatic N) is 1. The fourth-order valence-corrected chi connectivity index (χ4v) is 4.51. The third-order valence-electron chi connectivity index (χ3n) is 6.29. The van der Waals surface area contributed by atoms with Crippen molar-refractivity contribution in [2.75, 3.05) is 11.5 Å². The van der Waals surface area contributed by atoms with E-state index in [0.29, 0.717) is 17.0 Å². The second kappa shape index (κ2) is 10.1. The number of halogens is 9. The number of amides is 1. The lowest BCUT2D eigenvalue weighted by Gasteiger charge is -2.49. The molecule has 0 aromatic heterocycles. The molecule has 0 bridgehead atoms. The summed E-state index contributed by atoms with van der Waals surface area (Å²) in [6.45, 7) is 1.88. The molecule has 3 rings (SSSR count). The minimum Gasteiger partial charge on any atom is -0.449 e. The smallest absolute Gasteiger partial charge is 0.416 e. The molecule has 0 fully saturated rings. The Balaban J connectivity index is 2.06. The quantitative estimate of drug-likeness (QED) is 0.395. The molecule has 4 nitrogen and oxygen atoms in total. The van der Waals surface area contributed by atoms with Gasteiger partial charge in [0, 0.05) is 12.6 Å². The van der Waals surface area contributed by atoms with Gasteiger partial charge in [-0.25, -0.2) is 4.79 Å². The van der Waals surface area contributed by atoms with Crippen LogP contribution in [-0.2, 0) is 23.6 Å². The second-order valence-corrected chi connectivity index (χ2v) is 8.53. The van der Waals surface area contributed by atoms with Crippen LogP contribution in [0.5, 0.6) is 0 Å². The molecule has 1 heterocycles. The van der Waals surface area contributed by atoms with Crippen molar-refractivity contribution in [3.8, 4) is 0 Å². The van der Waals surface area contributed by atoms with Gasteiger partial charge in [0.15, 0.2) is 0 Å². The number of ether oxygens (including phenoxy) is 1. The predicted octanol–water partition coefficient (Wildman–Crippen LogP) is 7.63. The molecule has 2 unspecified atom stereocenters. The Labute approximate surface area is 206 Å². The summed E-state index contributed by atoms with van der Waals surface area (Å²) >= 11 is 0. The Morgan fingerprint density at radius 2 is 1.54 bits per heavy atom. The Kier molecular flexibility index (Phi) is 7.79. The zero-order valence-corrected chi connectivity index (χ0v) is 19.6. The monoisotopic (exact) mass is 542 g/mol. The molecule has 204 valence electrons. The van der Waals surface area contributed by atoms with Gasteiger partial charge in [-0.15, -0.1) is 0 Å². The topological polar surface area (TPSA) is 41.6 Å². The van der Waals surface area contributed by atoms with Crippen LogP contribution in [0.4, 0.5) is 50.0 Å². The predicted molar refractivity (Wildman–Crippen MR) is 116 cm³/mol. The van der Waals surface area contributed by atoms with Crippen molar-refractivity contribution in [1.29, 1.82) is 0 Å². The largest absolute Gasteiger partial charge is 0.449 e. The molecule has 1 aliphatic rings. The molecule has 37 heavy (non-hydrogen) atoms. The summed E-state index contributed by atoms with van der Waals surface area (Å²) in [6.07, 6.45) is -17.6. The van der Waals surface area contributed by atoms with Gasteiger partial charge >= 0.3 is 24.6 Å². The number of nitrogens with one attached hydrogen (secondary N) is 1. The van der Waals surface area contributed by atoms with Gasteiger partial charge in [0.1, 0.15) is 5.54 Å². The van der Waals surface area contributed by atoms with Crippen molar-refractivity contribution >= 4 is 11.8 Å². The average Bonchev–Trinajstić information content (AvgIpc) is 2.80. The molecule has 1 amide bonds. The summed E-state index contributed by atoms with van der Waals surface area (Å²) in [7, 11) is 0. The number of carbonyl (C=O) groups excluding carboxylic acids is 1. The number of hydrogen-bond acceptors (Lipinski definition) is 3. The third-order valence-corrected chi connectivity index (χ3v) is 6.29. The van der Waals surface area contributed by atoms with Gasteiger partial charge < -0.3 is 10.1 Å². The van der Waals surface area contributed by atoms with Gasteiger partial charge in [-0.05, 0) is 55.2 Å². The number of para-hydroxylation sites is 1. The summed E-state index contributed by atoms with van der Waals surface area (Å²) in [5.41, 5.74) is -6.13. The highest BCUT2D eigenvalue weighted by atomic mass is 19.4. The molecule has 0 spiro atoms. The van der Waals surface area contributed by atoms with Gasteiger partial charge in [-0.1, -0.05) is 25.1 Å². The van der Waals surface area contributed by atoms with Crippen molar-refractivity contribution < 1.29 is 49.0 Å². The van der Waals surface area contributed by atoms with E-state index in [2.05, 4.69) is 5.32 Å². The standard InChI is InChI=1S/C24H23F9N2O2/c1-3-21(24(31,32)33)12-18(17-7-5-6-8-19(17)35(21)20(36)37-4-2)34-13-14-9-15(22(25,26)27)11-16(10-14)23(28,29)30/h5-11,18,34H,3-4,12-13H2,1-2H3. The lowest BCUT2D eigenvalue weighted by Crippen LogP contribution is -2.64. The van der Waals surface area contributed by atoms with E-state index in [4.69, 9.17) is 4.74 Å². The van der Waals surface area contributed by atoms with Crippen LogP contribution in [0, 0.1) is 0 Å². The molecular formula is C24H23F9N2O2. The maximum absolute atomic E-state index is 14.5. The van der Waals surface area contributed by atoms with Crippen LogP contribution in [-0.4, -0.2) is 24.4 Å². The Hall–Kier alpha value is -2.96. The first-order chi connectivity index (χ1) is 17.0. The van der Waals surface area contributed by atoms with Crippen molar-refractivity contribution in [3.05, 3.63) is 64.7 Å². The zero-order valence-electron chi connectivity index (χ0n) is 19.6. The third kappa shape index (κ3) is 5.65. The van der Waals surface area contributed by atoms with Crippen LogP contribution in [0.25, 0.3) is 0 Å². The molecule has 2 aromatic rings. The fraction of sp³-hybridized carbons (Fsp3) is 0.458. The first-order valence-corrected chi connectivity index (χ1v) is 11.2. The minimum atomic E-state index is -5.07. The SMILES string of the molecule is CCOC(=O)N1c2ccccc2C(NCc2cc(C(F)(F)F)cc(C(F)(F)F)c2)CC1(CC)C(F)(F)F. The number of benzene rings is 2. The average molecular weight is 542 g/mol. The van der Waals surface area contributed by atoms with Gasteiger partial charge in [0.05, 0.1) is 23.4 Å². The lowest BCUT2D eigenvalue weighted by molar-refractivity contribution is -0.192. The maximum Gasteiger partial charge on any atom is 0.416 e. The minimum absolute atomic E-state index is 0.0254. The molecule has 2 aromatic carbocycles. The molecular weight excluding hydrogens is 519 g/mol. The molecule has 0 saturated heterocycles. The van der Waals surface area contributed by atoms with E-state index in [0.717, 1.165) is 0 Å². The number of rotatable bonds is 5. The van der Waals surface area contributed by atoms with Crippen LogP contribution >= 0.6 is 0 Å². The van der Waals surface area contributed by atoms with Crippen LogP contribution in [0.3, 0.4) is 0 Å².